The first-order chi connectivity index (χ1) is 9.60. The second-order valence-electron chi connectivity index (χ2n) is 4.58. The lowest BCUT2D eigenvalue weighted by molar-refractivity contribution is 0.101. The summed E-state index contributed by atoms with van der Waals surface area (Å²) in [5.41, 5.74) is 8.92. The van der Waals surface area contributed by atoms with Gasteiger partial charge >= 0.3 is 0 Å². The maximum atomic E-state index is 12.1. The Hall–Kier alpha value is -2.49. The van der Waals surface area contributed by atoms with E-state index in [4.69, 9.17) is 10.5 Å². The minimum atomic E-state index is 0.00696. The van der Waals surface area contributed by atoms with Gasteiger partial charge in [0, 0.05) is 16.9 Å². The van der Waals surface area contributed by atoms with Crippen LogP contribution in [0.4, 0.5) is 11.4 Å². The summed E-state index contributed by atoms with van der Waals surface area (Å²) >= 11 is 0. The van der Waals surface area contributed by atoms with Gasteiger partial charge in [0.25, 0.3) is 0 Å². The molecule has 104 valence electrons. The Morgan fingerprint density at radius 2 is 1.90 bits per heavy atom. The van der Waals surface area contributed by atoms with Crippen molar-refractivity contribution in [3.8, 4) is 5.75 Å². The highest BCUT2D eigenvalue weighted by Crippen LogP contribution is 2.16. The average molecular weight is 270 g/mol. The Morgan fingerprint density at radius 3 is 2.50 bits per heavy atom. The smallest absolute Gasteiger partial charge is 0.181 e. The summed E-state index contributed by atoms with van der Waals surface area (Å²) in [6.07, 6.45) is 0. The number of benzene rings is 2. The van der Waals surface area contributed by atoms with Crippen LogP contribution in [0.2, 0.25) is 0 Å². The molecule has 0 unspecified atom stereocenters. The number of ether oxygens (including phenoxy) is 1. The summed E-state index contributed by atoms with van der Waals surface area (Å²) in [6.45, 7) is 2.15. The highest BCUT2D eigenvalue weighted by Gasteiger charge is 2.07. The van der Waals surface area contributed by atoms with Crippen molar-refractivity contribution in [3.05, 3.63) is 53.6 Å². The first-order valence-electron chi connectivity index (χ1n) is 6.37. The van der Waals surface area contributed by atoms with Gasteiger partial charge in [-0.1, -0.05) is 12.1 Å². The number of hydrogen-bond acceptors (Lipinski definition) is 4. The zero-order valence-corrected chi connectivity index (χ0v) is 11.6. The number of nitrogen functional groups attached to an aromatic ring is 1. The Kier molecular flexibility index (Phi) is 4.25. The van der Waals surface area contributed by atoms with Crippen molar-refractivity contribution in [1.29, 1.82) is 0 Å². The number of nitrogens with two attached hydrogens (primary N) is 1. The van der Waals surface area contributed by atoms with E-state index in [2.05, 4.69) is 5.32 Å². The van der Waals surface area contributed by atoms with Crippen molar-refractivity contribution in [2.75, 3.05) is 24.7 Å². The SMILES string of the molecule is COc1ccc(NCC(=O)c2ccc(C)c(N)c2)cc1. The lowest BCUT2D eigenvalue weighted by Crippen LogP contribution is -2.14. The van der Waals surface area contributed by atoms with Gasteiger partial charge in [-0.15, -0.1) is 0 Å². The van der Waals surface area contributed by atoms with Gasteiger partial charge in [-0.05, 0) is 42.8 Å². The third-order valence-corrected chi connectivity index (χ3v) is 3.14. The molecule has 0 heterocycles. The van der Waals surface area contributed by atoms with Crippen LogP contribution in [-0.2, 0) is 0 Å². The molecule has 4 heteroatoms. The number of methoxy groups -OCH3 is 1. The van der Waals surface area contributed by atoms with Crippen LogP contribution in [0, 0.1) is 6.92 Å². The lowest BCUT2D eigenvalue weighted by atomic mass is 10.1. The van der Waals surface area contributed by atoms with Crippen molar-refractivity contribution in [1.82, 2.24) is 0 Å². The summed E-state index contributed by atoms with van der Waals surface area (Å²) in [5, 5.41) is 3.08. The number of rotatable bonds is 5. The molecule has 0 bridgehead atoms. The number of hydrogen-bond donors (Lipinski definition) is 2. The molecule has 0 saturated carbocycles. The van der Waals surface area contributed by atoms with Gasteiger partial charge in [0.2, 0.25) is 0 Å². The third kappa shape index (κ3) is 3.29. The number of ketones is 1. The van der Waals surface area contributed by atoms with Crippen molar-refractivity contribution in [3.63, 3.8) is 0 Å². The van der Waals surface area contributed by atoms with Crippen LogP contribution in [0.5, 0.6) is 5.75 Å². The fourth-order valence-corrected chi connectivity index (χ4v) is 1.81. The Balaban J connectivity index is 1.98. The maximum absolute atomic E-state index is 12.1. The Morgan fingerprint density at radius 1 is 1.20 bits per heavy atom. The molecule has 2 aromatic carbocycles. The van der Waals surface area contributed by atoms with Crippen LogP contribution in [0.25, 0.3) is 0 Å². The number of carbonyl (C=O) groups excluding carboxylic acids is 1. The van der Waals surface area contributed by atoms with Gasteiger partial charge in [-0.3, -0.25) is 4.79 Å². The van der Waals surface area contributed by atoms with Crippen LogP contribution in [-0.4, -0.2) is 19.4 Å². The number of aryl methyl sites for hydroxylation is 1. The van der Waals surface area contributed by atoms with Crippen LogP contribution in [0.3, 0.4) is 0 Å². The first-order valence-corrected chi connectivity index (χ1v) is 6.37. The van der Waals surface area contributed by atoms with Gasteiger partial charge < -0.3 is 15.8 Å². The molecule has 0 aliphatic heterocycles. The van der Waals surface area contributed by atoms with E-state index in [0.29, 0.717) is 11.3 Å². The summed E-state index contributed by atoms with van der Waals surface area (Å²) in [4.78, 5) is 12.1. The predicted molar refractivity (Wildman–Crippen MR) is 81.4 cm³/mol. The molecule has 0 saturated heterocycles. The van der Waals surface area contributed by atoms with E-state index in [-0.39, 0.29) is 12.3 Å². The second-order valence-corrected chi connectivity index (χ2v) is 4.58. The monoisotopic (exact) mass is 270 g/mol. The van der Waals surface area contributed by atoms with E-state index in [0.717, 1.165) is 17.0 Å². The molecule has 2 rings (SSSR count). The molecule has 3 N–H and O–H groups in total. The molecule has 0 atom stereocenters. The quantitative estimate of drug-likeness (QED) is 0.647. The summed E-state index contributed by atoms with van der Waals surface area (Å²) in [5.74, 6) is 0.792. The van der Waals surface area contributed by atoms with Crippen LogP contribution in [0.15, 0.2) is 42.5 Å². The molecular weight excluding hydrogens is 252 g/mol. The topological polar surface area (TPSA) is 64.3 Å². The minimum Gasteiger partial charge on any atom is -0.497 e. The van der Waals surface area contributed by atoms with Gasteiger partial charge in [-0.2, -0.15) is 0 Å². The zero-order chi connectivity index (χ0) is 14.5. The minimum absolute atomic E-state index is 0.00696. The van der Waals surface area contributed by atoms with Crippen molar-refractivity contribution in [2.24, 2.45) is 0 Å². The third-order valence-electron chi connectivity index (χ3n) is 3.14. The molecular formula is C16H18N2O2. The van der Waals surface area contributed by atoms with Crippen molar-refractivity contribution in [2.45, 2.75) is 6.92 Å². The highest BCUT2D eigenvalue weighted by molar-refractivity contribution is 5.99. The second kappa shape index (κ2) is 6.10. The molecule has 2 aromatic rings. The van der Waals surface area contributed by atoms with Crippen molar-refractivity contribution >= 4 is 17.2 Å². The van der Waals surface area contributed by atoms with E-state index in [1.165, 1.54) is 0 Å². The lowest BCUT2D eigenvalue weighted by Gasteiger charge is -2.08. The maximum Gasteiger partial charge on any atom is 0.181 e. The molecule has 20 heavy (non-hydrogen) atoms. The van der Waals surface area contributed by atoms with E-state index < -0.39 is 0 Å². The van der Waals surface area contributed by atoms with Gasteiger partial charge in [0.1, 0.15) is 5.75 Å². The summed E-state index contributed by atoms with van der Waals surface area (Å²) in [6, 6.07) is 12.8. The number of anilines is 2. The zero-order valence-electron chi connectivity index (χ0n) is 11.6. The predicted octanol–water partition coefficient (Wildman–Crippen LogP) is 2.88. The normalized spacial score (nSPS) is 10.1. The van der Waals surface area contributed by atoms with E-state index in [1.54, 1.807) is 19.2 Å². The van der Waals surface area contributed by atoms with Gasteiger partial charge in [0.15, 0.2) is 5.78 Å². The van der Waals surface area contributed by atoms with E-state index in [1.807, 2.05) is 37.3 Å². The van der Waals surface area contributed by atoms with E-state index >= 15 is 0 Å². The molecule has 0 aliphatic carbocycles. The van der Waals surface area contributed by atoms with Gasteiger partial charge in [0.05, 0.1) is 13.7 Å². The standard InChI is InChI=1S/C16H18N2O2/c1-11-3-4-12(9-15(11)17)16(19)10-18-13-5-7-14(20-2)8-6-13/h3-9,18H,10,17H2,1-2H3. The summed E-state index contributed by atoms with van der Waals surface area (Å²) < 4.78 is 5.08. The Bertz CT molecular complexity index is 606. The molecule has 0 amide bonds. The number of carbonyl (C=O) groups is 1. The largest absolute Gasteiger partial charge is 0.497 e. The molecule has 0 aromatic heterocycles. The Labute approximate surface area is 118 Å². The number of nitrogens with one attached hydrogen (secondary N) is 1. The van der Waals surface area contributed by atoms with Crippen LogP contribution in [0.1, 0.15) is 15.9 Å². The molecule has 0 aliphatic rings. The van der Waals surface area contributed by atoms with E-state index in [9.17, 15) is 4.79 Å². The highest BCUT2D eigenvalue weighted by atomic mass is 16.5. The van der Waals surface area contributed by atoms with Crippen LogP contribution < -0.4 is 15.8 Å². The number of Topliss-reactive ketones (excluding diaryl/α,β-unsaturated/α-hetero) is 1. The molecule has 0 fully saturated rings. The summed E-state index contributed by atoms with van der Waals surface area (Å²) in [7, 11) is 1.62. The van der Waals surface area contributed by atoms with Crippen LogP contribution >= 0.6 is 0 Å². The van der Waals surface area contributed by atoms with Gasteiger partial charge in [-0.25, -0.2) is 0 Å². The molecule has 4 nitrogen and oxygen atoms in total. The fourth-order valence-electron chi connectivity index (χ4n) is 1.81. The average Bonchev–Trinajstić information content (AvgIpc) is 2.48. The fraction of sp³-hybridized carbons (Fsp3) is 0.188. The van der Waals surface area contributed by atoms with Crippen molar-refractivity contribution < 1.29 is 9.53 Å². The molecule has 0 spiro atoms. The molecule has 0 radical (unpaired) electrons. The first kappa shape index (κ1) is 13.9.